The summed E-state index contributed by atoms with van der Waals surface area (Å²) >= 11 is 8.00. The van der Waals surface area contributed by atoms with E-state index in [0.717, 1.165) is 47.4 Å². The maximum Gasteiger partial charge on any atom is 0.254 e. The van der Waals surface area contributed by atoms with Crippen molar-refractivity contribution < 1.29 is 14.3 Å². The van der Waals surface area contributed by atoms with Crippen molar-refractivity contribution in [2.24, 2.45) is 4.99 Å². The van der Waals surface area contributed by atoms with Gasteiger partial charge in [-0.25, -0.2) is 4.99 Å². The van der Waals surface area contributed by atoms with E-state index in [1.54, 1.807) is 23.6 Å². The number of amides is 1. The summed E-state index contributed by atoms with van der Waals surface area (Å²) in [6.45, 7) is 0.678. The third-order valence-corrected chi connectivity index (χ3v) is 7.02. The monoisotopic (exact) mass is 452 g/mol. The van der Waals surface area contributed by atoms with Crippen LogP contribution in [-0.4, -0.2) is 18.9 Å². The molecule has 1 aliphatic carbocycles. The van der Waals surface area contributed by atoms with E-state index < -0.39 is 0 Å². The molecule has 5 rings (SSSR count). The van der Waals surface area contributed by atoms with Gasteiger partial charge in [-0.1, -0.05) is 41.9 Å². The molecule has 31 heavy (non-hydrogen) atoms. The number of ether oxygens (including phenoxy) is 2. The lowest BCUT2D eigenvalue weighted by Crippen LogP contribution is -2.24. The van der Waals surface area contributed by atoms with Crippen molar-refractivity contribution in [2.75, 3.05) is 6.79 Å². The number of aryl methyl sites for hydroxylation is 1. The summed E-state index contributed by atoms with van der Waals surface area (Å²) in [5, 5.41) is 4.33. The minimum absolute atomic E-state index is 0.0767. The Morgan fingerprint density at radius 3 is 2.74 bits per heavy atom. The standard InChI is InChI=1S/C24H21ClN2O3S/c25-18-11-20-19(29-14-30-20)10-16(18)13-27-24-22(17-8-4-5-9-21(17)31-24)23(28)26-12-15-6-2-1-3-7-15/h1-3,6-7,10-11,13H,4-5,8-9,12,14H2,(H,26,28). The molecule has 2 aromatic carbocycles. The molecular weight excluding hydrogens is 432 g/mol. The normalized spacial score (nSPS) is 14.6. The lowest BCUT2D eigenvalue weighted by molar-refractivity contribution is 0.0951. The van der Waals surface area contributed by atoms with E-state index in [9.17, 15) is 4.79 Å². The highest BCUT2D eigenvalue weighted by atomic mass is 35.5. The average Bonchev–Trinajstić information content (AvgIpc) is 3.40. The van der Waals surface area contributed by atoms with Crippen molar-refractivity contribution in [1.29, 1.82) is 0 Å². The average molecular weight is 453 g/mol. The first kappa shape index (κ1) is 20.1. The van der Waals surface area contributed by atoms with Crippen LogP contribution in [-0.2, 0) is 19.4 Å². The largest absolute Gasteiger partial charge is 0.454 e. The predicted octanol–water partition coefficient (Wildman–Crippen LogP) is 5.69. The van der Waals surface area contributed by atoms with E-state index in [4.69, 9.17) is 26.1 Å². The lowest BCUT2D eigenvalue weighted by atomic mass is 9.95. The zero-order chi connectivity index (χ0) is 21.2. The van der Waals surface area contributed by atoms with Gasteiger partial charge >= 0.3 is 0 Å². The van der Waals surface area contributed by atoms with Gasteiger partial charge in [0, 0.05) is 29.3 Å². The second-order valence-electron chi connectivity index (χ2n) is 7.54. The Hall–Kier alpha value is -2.83. The number of carbonyl (C=O) groups is 1. The summed E-state index contributed by atoms with van der Waals surface area (Å²) < 4.78 is 10.8. The van der Waals surface area contributed by atoms with Gasteiger partial charge in [0.2, 0.25) is 6.79 Å². The maximum atomic E-state index is 13.2. The molecule has 5 nitrogen and oxygen atoms in total. The van der Waals surface area contributed by atoms with E-state index in [0.29, 0.717) is 28.6 Å². The highest BCUT2D eigenvalue weighted by Crippen LogP contribution is 2.41. The van der Waals surface area contributed by atoms with Crippen LogP contribution in [0, 0.1) is 0 Å². The van der Waals surface area contributed by atoms with Crippen LogP contribution in [0.5, 0.6) is 11.5 Å². The van der Waals surface area contributed by atoms with E-state index in [2.05, 4.69) is 5.32 Å². The molecule has 1 aliphatic heterocycles. The summed E-state index contributed by atoms with van der Waals surface area (Å²) in [6, 6.07) is 13.5. The number of aliphatic imine (C=N–C) groups is 1. The van der Waals surface area contributed by atoms with Crippen molar-refractivity contribution in [2.45, 2.75) is 32.2 Å². The van der Waals surface area contributed by atoms with Crippen LogP contribution >= 0.6 is 22.9 Å². The van der Waals surface area contributed by atoms with E-state index in [1.807, 2.05) is 36.4 Å². The number of halogens is 1. The third kappa shape index (κ3) is 4.18. The Bertz CT molecular complexity index is 1160. The highest BCUT2D eigenvalue weighted by molar-refractivity contribution is 7.16. The molecule has 0 spiro atoms. The summed E-state index contributed by atoms with van der Waals surface area (Å²) in [4.78, 5) is 19.1. The summed E-state index contributed by atoms with van der Waals surface area (Å²) in [5.41, 5.74) is 3.64. The van der Waals surface area contributed by atoms with Crippen LogP contribution in [0.2, 0.25) is 5.02 Å². The van der Waals surface area contributed by atoms with Crippen LogP contribution < -0.4 is 14.8 Å². The molecule has 2 heterocycles. The number of nitrogens with zero attached hydrogens (tertiary/aromatic N) is 1. The molecule has 158 valence electrons. The summed E-state index contributed by atoms with van der Waals surface area (Å²) in [6.07, 6.45) is 5.87. The van der Waals surface area contributed by atoms with Gasteiger partial charge in [0.25, 0.3) is 5.91 Å². The molecule has 3 aromatic rings. The lowest BCUT2D eigenvalue weighted by Gasteiger charge is -2.12. The fraction of sp³-hybridized carbons (Fsp3) is 0.250. The van der Waals surface area contributed by atoms with Gasteiger partial charge in [-0.2, -0.15) is 0 Å². The first-order valence-corrected chi connectivity index (χ1v) is 11.5. The minimum atomic E-state index is -0.0767. The van der Waals surface area contributed by atoms with Crippen molar-refractivity contribution in [3.05, 3.63) is 74.6 Å². The molecule has 1 aromatic heterocycles. The molecule has 0 saturated heterocycles. The van der Waals surface area contributed by atoms with Crippen LogP contribution in [0.3, 0.4) is 0 Å². The first-order chi connectivity index (χ1) is 15.2. The summed E-state index contributed by atoms with van der Waals surface area (Å²) in [7, 11) is 0. The molecule has 0 radical (unpaired) electrons. The fourth-order valence-electron chi connectivity index (χ4n) is 3.90. The van der Waals surface area contributed by atoms with Gasteiger partial charge in [0.1, 0.15) is 5.00 Å². The van der Waals surface area contributed by atoms with E-state index in [1.165, 1.54) is 4.88 Å². The summed E-state index contributed by atoms with van der Waals surface area (Å²) in [5.74, 6) is 1.21. The van der Waals surface area contributed by atoms with Crippen molar-refractivity contribution >= 4 is 40.1 Å². The second-order valence-corrected chi connectivity index (χ2v) is 9.04. The van der Waals surface area contributed by atoms with Crippen molar-refractivity contribution in [3.63, 3.8) is 0 Å². The predicted molar refractivity (Wildman–Crippen MR) is 123 cm³/mol. The zero-order valence-electron chi connectivity index (χ0n) is 16.8. The Labute approximate surface area is 189 Å². The number of benzene rings is 2. The van der Waals surface area contributed by atoms with Crippen LogP contribution in [0.1, 0.15) is 44.8 Å². The molecule has 0 fully saturated rings. The number of rotatable bonds is 5. The second kappa shape index (κ2) is 8.73. The number of nitrogens with one attached hydrogen (secondary N) is 1. The highest BCUT2D eigenvalue weighted by Gasteiger charge is 2.25. The zero-order valence-corrected chi connectivity index (χ0v) is 18.4. The molecule has 0 unspecified atom stereocenters. The molecular formula is C24H21ClN2O3S. The topological polar surface area (TPSA) is 59.9 Å². The van der Waals surface area contributed by atoms with Crippen molar-refractivity contribution in [3.8, 4) is 11.5 Å². The SMILES string of the molecule is O=C(NCc1ccccc1)c1c(N=Cc2cc3c(cc2Cl)OCO3)sc2c1CCCC2. The third-order valence-electron chi connectivity index (χ3n) is 5.49. The van der Waals surface area contributed by atoms with Gasteiger partial charge in [0.05, 0.1) is 10.6 Å². The smallest absolute Gasteiger partial charge is 0.254 e. The van der Waals surface area contributed by atoms with E-state index >= 15 is 0 Å². The van der Waals surface area contributed by atoms with Gasteiger partial charge < -0.3 is 14.8 Å². The van der Waals surface area contributed by atoms with Crippen LogP contribution in [0.4, 0.5) is 5.00 Å². The van der Waals surface area contributed by atoms with E-state index in [-0.39, 0.29) is 12.7 Å². The quantitative estimate of drug-likeness (QED) is 0.506. The van der Waals surface area contributed by atoms with Gasteiger partial charge in [-0.3, -0.25) is 4.79 Å². The number of hydrogen-bond acceptors (Lipinski definition) is 5. The molecule has 0 saturated carbocycles. The number of fused-ring (bicyclic) bond motifs is 2. The first-order valence-electron chi connectivity index (χ1n) is 10.3. The van der Waals surface area contributed by atoms with Gasteiger partial charge in [0.15, 0.2) is 11.5 Å². The number of carbonyl (C=O) groups excluding carboxylic acids is 1. The minimum Gasteiger partial charge on any atom is -0.454 e. The molecule has 7 heteroatoms. The Kier molecular flexibility index (Phi) is 5.66. The van der Waals surface area contributed by atoms with Crippen LogP contribution in [0.25, 0.3) is 0 Å². The molecule has 1 amide bonds. The van der Waals surface area contributed by atoms with Gasteiger partial charge in [-0.15, -0.1) is 11.3 Å². The van der Waals surface area contributed by atoms with Crippen molar-refractivity contribution in [1.82, 2.24) is 5.32 Å². The molecule has 1 N–H and O–H groups in total. The number of hydrogen-bond donors (Lipinski definition) is 1. The molecule has 0 bridgehead atoms. The Morgan fingerprint density at radius 2 is 1.90 bits per heavy atom. The Balaban J connectivity index is 1.44. The fourth-order valence-corrected chi connectivity index (χ4v) is 5.34. The maximum absolute atomic E-state index is 13.2. The number of thiophene rings is 1. The van der Waals surface area contributed by atoms with Gasteiger partial charge in [-0.05, 0) is 42.9 Å². The molecule has 0 atom stereocenters. The Morgan fingerprint density at radius 1 is 1.13 bits per heavy atom. The molecule has 2 aliphatic rings. The van der Waals surface area contributed by atoms with Crippen LogP contribution in [0.15, 0.2) is 47.5 Å².